The first kappa shape index (κ1) is 9.79. The maximum atomic E-state index is 11.1. The maximum Gasteiger partial charge on any atom is 0.426 e. The van der Waals surface area contributed by atoms with Gasteiger partial charge < -0.3 is 9.84 Å². The highest BCUT2D eigenvalue weighted by molar-refractivity contribution is 5.83. The molecule has 1 aliphatic heterocycles. The Kier molecular flexibility index (Phi) is 2.17. The predicted molar refractivity (Wildman–Crippen MR) is 42.6 cm³/mol. The molecule has 6 heteroatoms. The number of ether oxygens (including phenoxy) is 1. The summed E-state index contributed by atoms with van der Waals surface area (Å²) in [6.07, 6.45) is -1.60. The Bertz CT molecular complexity index is 245. The molecule has 6 nitrogen and oxygen atoms in total. The fraction of sp³-hybridized carbons (Fsp3) is 0.714. The summed E-state index contributed by atoms with van der Waals surface area (Å²) in [6.45, 7) is 5.14. The predicted octanol–water partition coefficient (Wildman–Crippen LogP) is 0.152. The summed E-state index contributed by atoms with van der Waals surface area (Å²) in [5, 5.41) is 9.38. The maximum absolute atomic E-state index is 11.1. The highest BCUT2D eigenvalue weighted by atomic mass is 16.6. The van der Waals surface area contributed by atoms with Gasteiger partial charge in [0, 0.05) is 0 Å². The zero-order chi connectivity index (χ0) is 10.2. The summed E-state index contributed by atoms with van der Waals surface area (Å²) in [5.41, 5.74) is 1.74. The Labute approximate surface area is 75.4 Å². The third kappa shape index (κ3) is 2.59. The van der Waals surface area contributed by atoms with Crippen molar-refractivity contribution in [3.8, 4) is 0 Å². The lowest BCUT2D eigenvalue weighted by atomic mass is 10.2. The van der Waals surface area contributed by atoms with Gasteiger partial charge in [0.25, 0.3) is 0 Å². The number of hydrazine groups is 1. The fourth-order valence-corrected chi connectivity index (χ4v) is 0.733. The van der Waals surface area contributed by atoms with Crippen LogP contribution < -0.4 is 5.43 Å². The molecule has 1 heterocycles. The summed E-state index contributed by atoms with van der Waals surface area (Å²) < 4.78 is 4.90. The van der Waals surface area contributed by atoms with Crippen LogP contribution in [0.5, 0.6) is 0 Å². The van der Waals surface area contributed by atoms with Crippen LogP contribution in [0, 0.1) is 0 Å². The van der Waals surface area contributed by atoms with Crippen molar-refractivity contribution in [1.82, 2.24) is 10.4 Å². The number of nitrogens with zero attached hydrogens (tertiary/aromatic N) is 1. The molecule has 1 saturated heterocycles. The molecule has 0 bridgehead atoms. The van der Waals surface area contributed by atoms with Gasteiger partial charge in [-0.25, -0.2) is 14.6 Å². The lowest BCUT2D eigenvalue weighted by Gasteiger charge is -2.18. The number of hydrogen-bond donors (Lipinski definition) is 2. The first-order valence-electron chi connectivity index (χ1n) is 3.82. The summed E-state index contributed by atoms with van der Waals surface area (Å²) in [7, 11) is 0. The van der Waals surface area contributed by atoms with Crippen LogP contribution >= 0.6 is 0 Å². The van der Waals surface area contributed by atoms with Gasteiger partial charge in [0.2, 0.25) is 6.17 Å². The zero-order valence-corrected chi connectivity index (χ0v) is 7.70. The number of aliphatic carboxylic acids is 1. The fourth-order valence-electron chi connectivity index (χ4n) is 0.733. The van der Waals surface area contributed by atoms with Crippen LogP contribution in [-0.2, 0) is 9.53 Å². The SMILES string of the molecule is CC(C)(C)OC(=O)N1NC1C(=O)O. The van der Waals surface area contributed by atoms with E-state index in [0.29, 0.717) is 0 Å². The largest absolute Gasteiger partial charge is 0.479 e. The molecule has 1 fully saturated rings. The van der Waals surface area contributed by atoms with Crippen LogP contribution in [0.25, 0.3) is 0 Å². The van der Waals surface area contributed by atoms with E-state index < -0.39 is 23.8 Å². The zero-order valence-electron chi connectivity index (χ0n) is 7.70. The summed E-state index contributed by atoms with van der Waals surface area (Å²) in [4.78, 5) is 21.4. The third-order valence-corrected chi connectivity index (χ3v) is 1.28. The van der Waals surface area contributed by atoms with Crippen LogP contribution in [-0.4, -0.2) is 33.9 Å². The normalized spacial score (nSPS) is 21.2. The van der Waals surface area contributed by atoms with Gasteiger partial charge in [0.05, 0.1) is 0 Å². The molecule has 2 N–H and O–H groups in total. The number of nitrogens with one attached hydrogen (secondary N) is 1. The Morgan fingerprint density at radius 2 is 2.00 bits per heavy atom. The molecule has 0 aromatic heterocycles. The molecule has 13 heavy (non-hydrogen) atoms. The monoisotopic (exact) mass is 188 g/mol. The first-order valence-corrected chi connectivity index (χ1v) is 3.82. The first-order chi connectivity index (χ1) is 5.81. The van der Waals surface area contributed by atoms with Crippen molar-refractivity contribution in [1.29, 1.82) is 0 Å². The van der Waals surface area contributed by atoms with Crippen molar-refractivity contribution in [3.05, 3.63) is 0 Å². The molecule has 0 aliphatic carbocycles. The quantitative estimate of drug-likeness (QED) is 0.572. The van der Waals surface area contributed by atoms with E-state index in [4.69, 9.17) is 9.84 Å². The number of carbonyl (C=O) groups excluding carboxylic acids is 1. The van der Waals surface area contributed by atoms with Crippen molar-refractivity contribution in [2.45, 2.75) is 32.5 Å². The van der Waals surface area contributed by atoms with E-state index in [1.165, 1.54) is 0 Å². The lowest BCUT2D eigenvalue weighted by Crippen LogP contribution is -2.29. The van der Waals surface area contributed by atoms with Crippen LogP contribution in [0.3, 0.4) is 0 Å². The molecule has 0 aromatic rings. The molecule has 1 aliphatic rings. The molecule has 1 rings (SSSR count). The van der Waals surface area contributed by atoms with Crippen molar-refractivity contribution in [2.75, 3.05) is 0 Å². The number of hydrogen-bond acceptors (Lipinski definition) is 4. The van der Waals surface area contributed by atoms with Crippen LogP contribution in [0.4, 0.5) is 4.79 Å². The van der Waals surface area contributed by atoms with E-state index >= 15 is 0 Å². The lowest BCUT2D eigenvalue weighted by molar-refractivity contribution is -0.137. The average molecular weight is 188 g/mol. The smallest absolute Gasteiger partial charge is 0.426 e. The van der Waals surface area contributed by atoms with E-state index in [0.717, 1.165) is 5.01 Å². The molecular formula is C7H12N2O4. The molecular weight excluding hydrogens is 176 g/mol. The molecule has 1 atom stereocenters. The van der Waals surface area contributed by atoms with E-state index in [-0.39, 0.29) is 0 Å². The van der Waals surface area contributed by atoms with Gasteiger partial charge in [-0.3, -0.25) is 0 Å². The molecule has 0 spiro atoms. The molecule has 0 radical (unpaired) electrons. The van der Waals surface area contributed by atoms with Crippen molar-refractivity contribution >= 4 is 12.1 Å². The van der Waals surface area contributed by atoms with Crippen LogP contribution in [0.15, 0.2) is 0 Å². The Morgan fingerprint density at radius 1 is 1.46 bits per heavy atom. The van der Waals surface area contributed by atoms with Crippen molar-refractivity contribution in [3.63, 3.8) is 0 Å². The van der Waals surface area contributed by atoms with Gasteiger partial charge in [-0.2, -0.15) is 5.43 Å². The minimum Gasteiger partial charge on any atom is -0.479 e. The van der Waals surface area contributed by atoms with Gasteiger partial charge in [-0.05, 0) is 20.8 Å². The van der Waals surface area contributed by atoms with Crippen LogP contribution in [0.2, 0.25) is 0 Å². The van der Waals surface area contributed by atoms with E-state index in [1.807, 2.05) is 0 Å². The standard InChI is InChI=1S/C7H12N2O4/c1-7(2,3)13-6(12)9-4(8-9)5(10)11/h4,8H,1-3H3,(H,10,11). The van der Waals surface area contributed by atoms with Crippen molar-refractivity contribution < 1.29 is 19.4 Å². The van der Waals surface area contributed by atoms with E-state index in [1.54, 1.807) is 20.8 Å². The second-order valence-corrected chi connectivity index (χ2v) is 3.72. The number of carboxylic acids is 1. The van der Waals surface area contributed by atoms with Gasteiger partial charge in [-0.1, -0.05) is 0 Å². The van der Waals surface area contributed by atoms with Crippen LogP contribution in [0.1, 0.15) is 20.8 Å². The number of rotatable bonds is 1. The molecule has 0 aromatic carbocycles. The summed E-state index contributed by atoms with van der Waals surface area (Å²) in [6, 6.07) is 0. The Balaban J connectivity index is 2.40. The topological polar surface area (TPSA) is 88.5 Å². The molecule has 1 amide bonds. The number of carboxylic acid groups (broad SMARTS) is 1. The molecule has 1 unspecified atom stereocenters. The second kappa shape index (κ2) is 2.88. The number of amides is 1. The van der Waals surface area contributed by atoms with Gasteiger partial charge in [0.15, 0.2) is 0 Å². The second-order valence-electron chi connectivity index (χ2n) is 3.72. The minimum absolute atomic E-state index is 0.607. The van der Waals surface area contributed by atoms with Gasteiger partial charge >= 0.3 is 12.1 Å². The summed E-state index contributed by atoms with van der Waals surface area (Å²) in [5.74, 6) is -1.09. The average Bonchev–Trinajstić information content (AvgIpc) is 2.58. The van der Waals surface area contributed by atoms with E-state index in [2.05, 4.69) is 5.43 Å². The molecule has 0 saturated carbocycles. The molecule has 74 valence electrons. The van der Waals surface area contributed by atoms with E-state index in [9.17, 15) is 9.59 Å². The Hall–Kier alpha value is -1.30. The number of carbonyl (C=O) groups is 2. The van der Waals surface area contributed by atoms with Gasteiger partial charge in [-0.15, -0.1) is 0 Å². The highest BCUT2D eigenvalue weighted by Gasteiger charge is 2.46. The van der Waals surface area contributed by atoms with Gasteiger partial charge in [0.1, 0.15) is 5.60 Å². The third-order valence-electron chi connectivity index (χ3n) is 1.28. The minimum atomic E-state index is -1.09. The van der Waals surface area contributed by atoms with Crippen molar-refractivity contribution in [2.24, 2.45) is 0 Å². The Morgan fingerprint density at radius 3 is 2.31 bits per heavy atom. The summed E-state index contributed by atoms with van der Waals surface area (Å²) >= 11 is 0. The highest BCUT2D eigenvalue weighted by Crippen LogP contribution is 2.15.